The van der Waals surface area contributed by atoms with Crippen molar-refractivity contribution in [2.75, 3.05) is 18.0 Å². The van der Waals surface area contributed by atoms with Crippen LogP contribution in [0.2, 0.25) is 0 Å². The number of fused-ring (bicyclic) bond motifs is 1. The number of nitrogens with one attached hydrogen (secondary N) is 1. The van der Waals surface area contributed by atoms with Crippen molar-refractivity contribution in [1.82, 2.24) is 10.3 Å². The van der Waals surface area contributed by atoms with Gasteiger partial charge in [0.1, 0.15) is 0 Å². The molecule has 0 saturated carbocycles. The number of nitrogens with zero attached hydrogens (tertiary/aromatic N) is 2. The molecule has 1 aromatic heterocycles. The van der Waals surface area contributed by atoms with Gasteiger partial charge >= 0.3 is 0 Å². The highest BCUT2D eigenvalue weighted by molar-refractivity contribution is 5.95. The van der Waals surface area contributed by atoms with Gasteiger partial charge in [-0.15, -0.1) is 0 Å². The van der Waals surface area contributed by atoms with Crippen LogP contribution in [0.1, 0.15) is 29.3 Å². The van der Waals surface area contributed by atoms with Gasteiger partial charge in [-0.3, -0.25) is 9.78 Å². The van der Waals surface area contributed by atoms with Gasteiger partial charge in [0.15, 0.2) is 0 Å². The molecule has 4 nitrogen and oxygen atoms in total. The van der Waals surface area contributed by atoms with E-state index in [2.05, 4.69) is 33.4 Å². The highest BCUT2D eigenvalue weighted by Crippen LogP contribution is 2.33. The van der Waals surface area contributed by atoms with Crippen LogP contribution in [0.5, 0.6) is 0 Å². The normalized spacial score (nSPS) is 13.1. The van der Waals surface area contributed by atoms with E-state index in [1.807, 2.05) is 25.3 Å². The second-order valence-electron chi connectivity index (χ2n) is 5.22. The summed E-state index contributed by atoms with van der Waals surface area (Å²) < 4.78 is 0. The molecule has 1 aliphatic rings. The van der Waals surface area contributed by atoms with Crippen molar-refractivity contribution in [2.45, 2.75) is 19.8 Å². The Bertz CT molecular complexity index is 654. The molecule has 1 amide bonds. The summed E-state index contributed by atoms with van der Waals surface area (Å²) in [6, 6.07) is 10.3. The van der Waals surface area contributed by atoms with Gasteiger partial charge in [-0.1, -0.05) is 25.1 Å². The number of aromatic nitrogens is 1. The molecule has 108 valence electrons. The fourth-order valence-electron chi connectivity index (χ4n) is 2.65. The fourth-order valence-corrected chi connectivity index (χ4v) is 2.65. The number of carbonyl (C=O) groups excluding carboxylic acids is 1. The number of para-hydroxylation sites is 1. The largest absolute Gasteiger partial charge is 0.352 e. The van der Waals surface area contributed by atoms with Crippen LogP contribution >= 0.6 is 0 Å². The maximum Gasteiger partial charge on any atom is 0.252 e. The molecule has 1 aromatic carbocycles. The van der Waals surface area contributed by atoms with Crippen LogP contribution in [0.3, 0.4) is 0 Å². The molecule has 21 heavy (non-hydrogen) atoms. The highest BCUT2D eigenvalue weighted by atomic mass is 16.1. The number of carbonyl (C=O) groups is 1. The van der Waals surface area contributed by atoms with Crippen molar-refractivity contribution in [3.63, 3.8) is 0 Å². The topological polar surface area (TPSA) is 45.2 Å². The Hall–Kier alpha value is -2.36. The Balaban J connectivity index is 1.86. The summed E-state index contributed by atoms with van der Waals surface area (Å²) >= 11 is 0. The van der Waals surface area contributed by atoms with Crippen LogP contribution in [-0.2, 0) is 6.42 Å². The van der Waals surface area contributed by atoms with E-state index >= 15 is 0 Å². The lowest BCUT2D eigenvalue weighted by molar-refractivity contribution is 0.0953. The summed E-state index contributed by atoms with van der Waals surface area (Å²) in [6.45, 7) is 3.66. The predicted molar refractivity (Wildman–Crippen MR) is 84.0 cm³/mol. The van der Waals surface area contributed by atoms with E-state index in [4.69, 9.17) is 0 Å². The van der Waals surface area contributed by atoms with Gasteiger partial charge in [0.2, 0.25) is 0 Å². The Kier molecular flexibility index (Phi) is 3.86. The molecule has 0 spiro atoms. The molecule has 0 fully saturated rings. The SMILES string of the molecule is CCCNC(=O)c1cncc(N2CCc3ccccc32)c1. The molecule has 0 aliphatic carbocycles. The van der Waals surface area contributed by atoms with Crippen LogP contribution < -0.4 is 10.2 Å². The van der Waals surface area contributed by atoms with E-state index in [-0.39, 0.29) is 5.91 Å². The standard InChI is InChI=1S/C17H19N3O/c1-2-8-19-17(21)14-10-15(12-18-11-14)20-9-7-13-5-3-4-6-16(13)20/h3-6,10-12H,2,7-9H2,1H3,(H,19,21). The van der Waals surface area contributed by atoms with Gasteiger partial charge in [-0.05, 0) is 30.5 Å². The number of hydrogen-bond acceptors (Lipinski definition) is 3. The number of anilines is 2. The minimum absolute atomic E-state index is 0.0568. The van der Waals surface area contributed by atoms with Crippen LogP contribution in [-0.4, -0.2) is 24.0 Å². The number of benzene rings is 1. The summed E-state index contributed by atoms with van der Waals surface area (Å²) in [7, 11) is 0. The third-order valence-corrected chi connectivity index (χ3v) is 3.72. The molecule has 1 N–H and O–H groups in total. The lowest BCUT2D eigenvalue weighted by atomic mass is 10.2. The summed E-state index contributed by atoms with van der Waals surface area (Å²) in [6.07, 6.45) is 5.40. The zero-order chi connectivity index (χ0) is 14.7. The molecule has 1 aliphatic heterocycles. The second-order valence-corrected chi connectivity index (χ2v) is 5.22. The van der Waals surface area contributed by atoms with Crippen LogP contribution in [0.15, 0.2) is 42.7 Å². The highest BCUT2D eigenvalue weighted by Gasteiger charge is 2.20. The minimum Gasteiger partial charge on any atom is -0.352 e. The van der Waals surface area contributed by atoms with Gasteiger partial charge in [-0.25, -0.2) is 0 Å². The molecular weight excluding hydrogens is 262 g/mol. The van der Waals surface area contributed by atoms with Gasteiger partial charge < -0.3 is 10.2 Å². The first-order valence-corrected chi connectivity index (χ1v) is 7.38. The van der Waals surface area contributed by atoms with E-state index < -0.39 is 0 Å². The minimum atomic E-state index is -0.0568. The van der Waals surface area contributed by atoms with Crippen LogP contribution in [0.25, 0.3) is 0 Å². The van der Waals surface area contributed by atoms with Crippen molar-refractivity contribution in [3.05, 3.63) is 53.9 Å². The number of rotatable bonds is 4. The van der Waals surface area contributed by atoms with Crippen molar-refractivity contribution in [3.8, 4) is 0 Å². The van der Waals surface area contributed by atoms with Gasteiger partial charge in [0.05, 0.1) is 17.4 Å². The number of amides is 1. The predicted octanol–water partition coefficient (Wildman–Crippen LogP) is 2.92. The average molecular weight is 281 g/mol. The first-order chi connectivity index (χ1) is 10.3. The molecule has 0 unspecified atom stereocenters. The van der Waals surface area contributed by atoms with Crippen LogP contribution in [0, 0.1) is 0 Å². The zero-order valence-corrected chi connectivity index (χ0v) is 12.2. The molecule has 0 bridgehead atoms. The van der Waals surface area contributed by atoms with Crippen molar-refractivity contribution in [1.29, 1.82) is 0 Å². The Morgan fingerprint density at radius 2 is 2.19 bits per heavy atom. The lowest BCUT2D eigenvalue weighted by Gasteiger charge is -2.19. The van der Waals surface area contributed by atoms with E-state index in [0.717, 1.165) is 25.1 Å². The van der Waals surface area contributed by atoms with E-state index in [1.54, 1.807) is 6.20 Å². The molecular formula is C17H19N3O. The average Bonchev–Trinajstić information content (AvgIpc) is 2.97. The molecule has 2 aromatic rings. The van der Waals surface area contributed by atoms with Crippen molar-refractivity contribution < 1.29 is 4.79 Å². The molecule has 0 saturated heterocycles. The summed E-state index contributed by atoms with van der Waals surface area (Å²) in [4.78, 5) is 18.5. The van der Waals surface area contributed by atoms with Crippen molar-refractivity contribution >= 4 is 17.3 Å². The van der Waals surface area contributed by atoms with Gasteiger partial charge in [0.25, 0.3) is 5.91 Å². The molecule has 0 atom stereocenters. The number of pyridine rings is 1. The monoisotopic (exact) mass is 281 g/mol. The smallest absolute Gasteiger partial charge is 0.252 e. The first kappa shape index (κ1) is 13.6. The van der Waals surface area contributed by atoms with Gasteiger partial charge in [-0.2, -0.15) is 0 Å². The quantitative estimate of drug-likeness (QED) is 0.937. The van der Waals surface area contributed by atoms with Crippen LogP contribution in [0.4, 0.5) is 11.4 Å². The summed E-state index contributed by atoms with van der Waals surface area (Å²) in [5.41, 5.74) is 4.15. The fraction of sp³-hybridized carbons (Fsp3) is 0.294. The van der Waals surface area contributed by atoms with Crippen molar-refractivity contribution in [2.24, 2.45) is 0 Å². The third kappa shape index (κ3) is 2.75. The van der Waals surface area contributed by atoms with E-state index in [1.165, 1.54) is 11.3 Å². The maximum atomic E-state index is 12.0. The van der Waals surface area contributed by atoms with E-state index in [9.17, 15) is 4.79 Å². The number of hydrogen-bond donors (Lipinski definition) is 1. The zero-order valence-electron chi connectivity index (χ0n) is 12.2. The van der Waals surface area contributed by atoms with E-state index in [0.29, 0.717) is 12.1 Å². The first-order valence-electron chi connectivity index (χ1n) is 7.38. The Morgan fingerprint density at radius 1 is 1.33 bits per heavy atom. The second kappa shape index (κ2) is 5.95. The Morgan fingerprint density at radius 3 is 3.05 bits per heavy atom. The molecule has 3 rings (SSSR count). The summed E-state index contributed by atoms with van der Waals surface area (Å²) in [5.74, 6) is -0.0568. The summed E-state index contributed by atoms with van der Waals surface area (Å²) in [5, 5.41) is 2.89. The molecule has 2 heterocycles. The molecule has 4 heteroatoms. The maximum absolute atomic E-state index is 12.0. The lowest BCUT2D eigenvalue weighted by Crippen LogP contribution is -2.24. The third-order valence-electron chi connectivity index (χ3n) is 3.72. The van der Waals surface area contributed by atoms with Gasteiger partial charge in [0, 0.05) is 25.0 Å². The molecule has 0 radical (unpaired) electrons. The Labute approximate surface area is 124 Å².